The quantitative estimate of drug-likeness (QED) is 0.152. The Labute approximate surface area is 292 Å². The molecule has 0 fully saturated rings. The molecule has 0 heterocycles. The van der Waals surface area contributed by atoms with E-state index in [1.165, 1.54) is 17.0 Å². The third-order valence-electron chi connectivity index (χ3n) is 8.02. The molecule has 4 aromatic carbocycles. The molecular weight excluding hydrogens is 677 g/mol. The van der Waals surface area contributed by atoms with Crippen molar-refractivity contribution < 1.29 is 18.0 Å². The molecule has 0 aliphatic heterocycles. The Kier molecular flexibility index (Phi) is 12.4. The monoisotopic (exact) mass is 713 g/mol. The van der Waals surface area contributed by atoms with Gasteiger partial charge in [-0.1, -0.05) is 102 Å². The highest BCUT2D eigenvalue weighted by atomic mass is 35.5. The molecule has 4 rings (SSSR count). The lowest BCUT2D eigenvalue weighted by Gasteiger charge is -2.35. The minimum Gasteiger partial charge on any atom is -0.352 e. The summed E-state index contributed by atoms with van der Waals surface area (Å²) in [6.07, 6.45) is 0.859. The smallest absolute Gasteiger partial charge is 0.264 e. The summed E-state index contributed by atoms with van der Waals surface area (Å²) in [5, 5.41) is 4.09. The third kappa shape index (κ3) is 9.08. The van der Waals surface area contributed by atoms with Crippen molar-refractivity contribution in [3.05, 3.63) is 128 Å². The summed E-state index contributed by atoms with van der Waals surface area (Å²) >= 11 is 19.2. The number of hydrogen-bond acceptors (Lipinski definition) is 4. The Hall–Kier alpha value is -3.56. The maximum Gasteiger partial charge on any atom is 0.264 e. The summed E-state index contributed by atoms with van der Waals surface area (Å²) in [7, 11) is -4.27. The van der Waals surface area contributed by atoms with Crippen LogP contribution in [0.4, 0.5) is 5.69 Å². The highest BCUT2D eigenvalue weighted by Gasteiger charge is 2.35. The van der Waals surface area contributed by atoms with E-state index in [9.17, 15) is 18.0 Å². The molecule has 248 valence electrons. The van der Waals surface area contributed by atoms with Gasteiger partial charge in [-0.15, -0.1) is 0 Å². The van der Waals surface area contributed by atoms with Crippen molar-refractivity contribution in [3.8, 4) is 0 Å². The predicted octanol–water partition coefficient (Wildman–Crippen LogP) is 8.01. The molecule has 0 aliphatic carbocycles. The van der Waals surface area contributed by atoms with Crippen LogP contribution >= 0.6 is 34.8 Å². The van der Waals surface area contributed by atoms with Crippen molar-refractivity contribution in [1.82, 2.24) is 10.2 Å². The van der Waals surface area contributed by atoms with Gasteiger partial charge in [-0.25, -0.2) is 8.42 Å². The third-order valence-corrected chi connectivity index (χ3v) is 10.8. The fraction of sp³-hybridized carbons (Fsp3) is 0.278. The number of sulfonamides is 1. The SMILES string of the molecule is CCC(C)NC(=O)C(Cc1ccccc1)N(Cc1ccc(Cl)cc1Cl)C(=O)CN(c1cccc(Cl)c1C)S(=O)(=O)c1ccc(C)cc1. The Morgan fingerprint density at radius 2 is 1.53 bits per heavy atom. The Morgan fingerprint density at radius 1 is 0.851 bits per heavy atom. The van der Waals surface area contributed by atoms with Gasteiger partial charge in [0.05, 0.1) is 10.6 Å². The second-order valence-corrected chi connectivity index (χ2v) is 14.6. The van der Waals surface area contributed by atoms with Crippen LogP contribution in [0, 0.1) is 13.8 Å². The molecule has 4 aromatic rings. The molecule has 1 N–H and O–H groups in total. The highest BCUT2D eigenvalue weighted by molar-refractivity contribution is 7.92. The molecule has 2 atom stereocenters. The fourth-order valence-electron chi connectivity index (χ4n) is 5.05. The number of aryl methyl sites for hydroxylation is 1. The van der Waals surface area contributed by atoms with E-state index >= 15 is 0 Å². The van der Waals surface area contributed by atoms with E-state index in [1.807, 2.05) is 51.1 Å². The van der Waals surface area contributed by atoms with Gasteiger partial charge >= 0.3 is 0 Å². The lowest BCUT2D eigenvalue weighted by Crippen LogP contribution is -2.54. The Bertz CT molecular complexity index is 1820. The summed E-state index contributed by atoms with van der Waals surface area (Å²) < 4.78 is 29.6. The summed E-state index contributed by atoms with van der Waals surface area (Å²) in [5.74, 6) is -0.972. The first kappa shape index (κ1) is 36.3. The van der Waals surface area contributed by atoms with Crippen LogP contribution in [0.5, 0.6) is 0 Å². The summed E-state index contributed by atoms with van der Waals surface area (Å²) in [5.41, 5.74) is 2.99. The van der Waals surface area contributed by atoms with Gasteiger partial charge in [0.15, 0.2) is 0 Å². The predicted molar refractivity (Wildman–Crippen MR) is 191 cm³/mol. The van der Waals surface area contributed by atoms with Crippen LogP contribution in [0.25, 0.3) is 0 Å². The zero-order chi connectivity index (χ0) is 34.3. The topological polar surface area (TPSA) is 86.8 Å². The van der Waals surface area contributed by atoms with Gasteiger partial charge in [0.1, 0.15) is 12.6 Å². The van der Waals surface area contributed by atoms with E-state index in [-0.39, 0.29) is 35.5 Å². The molecule has 0 saturated heterocycles. The summed E-state index contributed by atoms with van der Waals surface area (Å²) in [4.78, 5) is 30.1. The van der Waals surface area contributed by atoms with E-state index in [4.69, 9.17) is 34.8 Å². The molecule has 0 bridgehead atoms. The normalized spacial score (nSPS) is 12.7. The second-order valence-electron chi connectivity index (χ2n) is 11.5. The number of hydrogen-bond donors (Lipinski definition) is 1. The zero-order valence-corrected chi connectivity index (χ0v) is 29.8. The van der Waals surface area contributed by atoms with Gasteiger partial charge < -0.3 is 10.2 Å². The van der Waals surface area contributed by atoms with Crippen molar-refractivity contribution in [2.45, 2.75) is 64.1 Å². The summed E-state index contributed by atoms with van der Waals surface area (Å²) in [6, 6.07) is 24.4. The van der Waals surface area contributed by atoms with Crippen LogP contribution in [0.1, 0.15) is 42.5 Å². The molecule has 2 amide bonds. The van der Waals surface area contributed by atoms with Crippen LogP contribution in [0.2, 0.25) is 15.1 Å². The first-order valence-electron chi connectivity index (χ1n) is 15.2. The Morgan fingerprint density at radius 3 is 2.17 bits per heavy atom. The molecule has 0 spiro atoms. The Balaban J connectivity index is 1.86. The number of nitrogens with one attached hydrogen (secondary N) is 1. The fourth-order valence-corrected chi connectivity index (χ4v) is 7.16. The lowest BCUT2D eigenvalue weighted by molar-refractivity contribution is -0.140. The van der Waals surface area contributed by atoms with Crippen molar-refractivity contribution in [1.29, 1.82) is 0 Å². The van der Waals surface area contributed by atoms with Crippen molar-refractivity contribution in [3.63, 3.8) is 0 Å². The number of halogens is 3. The molecule has 0 saturated carbocycles. The van der Waals surface area contributed by atoms with Crippen LogP contribution < -0.4 is 9.62 Å². The zero-order valence-electron chi connectivity index (χ0n) is 26.7. The van der Waals surface area contributed by atoms with E-state index in [1.54, 1.807) is 55.5 Å². The van der Waals surface area contributed by atoms with Crippen LogP contribution in [-0.2, 0) is 32.6 Å². The largest absolute Gasteiger partial charge is 0.352 e. The second kappa shape index (κ2) is 16.0. The van der Waals surface area contributed by atoms with Gasteiger partial charge in [-0.3, -0.25) is 13.9 Å². The number of nitrogens with zero attached hydrogens (tertiary/aromatic N) is 2. The van der Waals surface area contributed by atoms with Gasteiger partial charge in [0.25, 0.3) is 10.0 Å². The van der Waals surface area contributed by atoms with E-state index in [0.29, 0.717) is 32.6 Å². The van der Waals surface area contributed by atoms with Gasteiger partial charge in [0, 0.05) is 34.1 Å². The van der Waals surface area contributed by atoms with Crippen LogP contribution in [-0.4, -0.2) is 43.8 Å². The van der Waals surface area contributed by atoms with Gasteiger partial charge in [-0.2, -0.15) is 0 Å². The van der Waals surface area contributed by atoms with Crippen molar-refractivity contribution in [2.75, 3.05) is 10.8 Å². The first-order valence-corrected chi connectivity index (χ1v) is 17.8. The minimum atomic E-state index is -4.27. The number of benzene rings is 4. The maximum atomic E-state index is 14.7. The number of carbonyl (C=O) groups excluding carboxylic acids is 2. The molecule has 0 aromatic heterocycles. The average Bonchev–Trinajstić information content (AvgIpc) is 3.04. The van der Waals surface area contributed by atoms with Crippen molar-refractivity contribution >= 4 is 62.3 Å². The first-order chi connectivity index (χ1) is 22.3. The number of carbonyl (C=O) groups is 2. The molecule has 0 aliphatic rings. The van der Waals surface area contributed by atoms with Crippen LogP contribution in [0.15, 0.2) is 95.9 Å². The van der Waals surface area contributed by atoms with Gasteiger partial charge in [0.2, 0.25) is 11.8 Å². The minimum absolute atomic E-state index is 0.0120. The number of anilines is 1. The molecule has 0 radical (unpaired) electrons. The summed E-state index contributed by atoms with van der Waals surface area (Å²) in [6.45, 7) is 6.71. The number of rotatable bonds is 13. The molecule has 7 nitrogen and oxygen atoms in total. The molecule has 47 heavy (non-hydrogen) atoms. The molecule has 2 unspecified atom stereocenters. The molecular formula is C36H38Cl3N3O4S. The maximum absolute atomic E-state index is 14.7. The highest BCUT2D eigenvalue weighted by Crippen LogP contribution is 2.32. The number of amides is 2. The average molecular weight is 715 g/mol. The van der Waals surface area contributed by atoms with Crippen LogP contribution in [0.3, 0.4) is 0 Å². The van der Waals surface area contributed by atoms with Crippen molar-refractivity contribution in [2.24, 2.45) is 0 Å². The standard InChI is InChI=1S/C36H38Cl3N3O4S/c1-5-25(3)40-36(44)34(20-27-10-7-6-8-11-27)41(22-28-16-17-29(37)21-32(28)39)35(43)23-42(33-13-9-12-31(38)26(33)4)47(45,46)30-18-14-24(2)15-19-30/h6-19,21,25,34H,5,20,22-23H2,1-4H3,(H,40,44). The van der Waals surface area contributed by atoms with E-state index in [0.717, 1.165) is 15.4 Å². The van der Waals surface area contributed by atoms with E-state index < -0.39 is 28.5 Å². The van der Waals surface area contributed by atoms with Gasteiger partial charge in [-0.05, 0) is 80.3 Å². The lowest BCUT2D eigenvalue weighted by atomic mass is 10.0. The van der Waals surface area contributed by atoms with E-state index in [2.05, 4.69) is 5.32 Å². The molecule has 11 heteroatoms.